The highest BCUT2D eigenvalue weighted by molar-refractivity contribution is 6.38. The minimum Gasteiger partial charge on any atom is -0.399 e. The van der Waals surface area contributed by atoms with Crippen LogP contribution in [0, 0.1) is 6.92 Å². The third kappa shape index (κ3) is 7.87. The van der Waals surface area contributed by atoms with Crippen LogP contribution in [-0.2, 0) is 6.54 Å². The van der Waals surface area contributed by atoms with Crippen LogP contribution in [0.2, 0.25) is 0 Å². The maximum atomic E-state index is 5.83. The van der Waals surface area contributed by atoms with Gasteiger partial charge in [0.2, 0.25) is 0 Å². The predicted molar refractivity (Wildman–Crippen MR) is 175 cm³/mol. The molecule has 0 aromatic heterocycles. The van der Waals surface area contributed by atoms with Crippen LogP contribution in [0.1, 0.15) is 16.7 Å². The average Bonchev–Trinajstić information content (AvgIpc) is 3.02. The van der Waals surface area contributed by atoms with Crippen molar-refractivity contribution in [3.05, 3.63) is 168 Å². The normalized spacial score (nSPS) is 11.3. The summed E-state index contributed by atoms with van der Waals surface area (Å²) in [6.45, 7) is 2.66. The Morgan fingerprint density at radius 2 is 1.07 bits per heavy atom. The third-order valence-electron chi connectivity index (χ3n) is 6.73. The molecule has 0 amide bonds. The summed E-state index contributed by atoms with van der Waals surface area (Å²) < 4.78 is 0. The van der Waals surface area contributed by atoms with E-state index in [0.29, 0.717) is 6.54 Å². The van der Waals surface area contributed by atoms with Crippen molar-refractivity contribution >= 4 is 23.3 Å². The van der Waals surface area contributed by atoms with Gasteiger partial charge in [-0.15, -0.1) is 0 Å². The number of nitrogens with zero attached hydrogens (tertiary/aromatic N) is 2. The van der Waals surface area contributed by atoms with Gasteiger partial charge >= 0.3 is 0 Å². The molecule has 5 rings (SSSR count). The molecule has 0 aliphatic carbocycles. The number of hydrogen-bond donors (Lipinski definition) is 1. The molecule has 200 valence electrons. The molecule has 0 fully saturated rings. The lowest BCUT2D eigenvalue weighted by Crippen LogP contribution is -2.03. The standard InChI is InChI=1S/C38H33N3/c1-29-9-4-2-5-11-31(14-8-10-29)34-21-25-37(26-22-34)40-28-38(35-12-6-3-7-13-35)41-27-30-15-17-32(18-16-30)33-19-23-36(39)24-20-33/h2-26,28H,27,39H2,1H3. The number of anilines is 1. The first-order valence-corrected chi connectivity index (χ1v) is 13.7. The smallest absolute Gasteiger partial charge is 0.0833 e. The summed E-state index contributed by atoms with van der Waals surface area (Å²) in [5, 5.41) is 0. The van der Waals surface area contributed by atoms with Gasteiger partial charge in [0.15, 0.2) is 0 Å². The van der Waals surface area contributed by atoms with Crippen molar-refractivity contribution in [1.29, 1.82) is 0 Å². The summed E-state index contributed by atoms with van der Waals surface area (Å²) in [5.74, 6) is 0. The first kappa shape index (κ1) is 27.3. The van der Waals surface area contributed by atoms with Crippen LogP contribution in [0.25, 0.3) is 22.3 Å². The molecule has 0 atom stereocenters. The van der Waals surface area contributed by atoms with E-state index in [1.807, 2.05) is 66.9 Å². The minimum absolute atomic E-state index is 0.564. The summed E-state index contributed by atoms with van der Waals surface area (Å²) in [4.78, 5) is 9.72. The van der Waals surface area contributed by atoms with Gasteiger partial charge in [-0.25, -0.2) is 0 Å². The molecule has 0 saturated carbocycles. The van der Waals surface area contributed by atoms with Crippen molar-refractivity contribution in [1.82, 2.24) is 0 Å². The van der Waals surface area contributed by atoms with Crippen molar-refractivity contribution in [2.75, 3.05) is 5.73 Å². The summed E-state index contributed by atoms with van der Waals surface area (Å²) in [6.07, 6.45) is 1.86. The van der Waals surface area contributed by atoms with Gasteiger partial charge in [-0.05, 0) is 59.0 Å². The lowest BCUT2D eigenvalue weighted by atomic mass is 10.0. The van der Waals surface area contributed by atoms with Gasteiger partial charge in [0, 0.05) is 11.3 Å². The predicted octanol–water partition coefficient (Wildman–Crippen LogP) is 9.43. The Hall–Kier alpha value is -5.28. The zero-order chi connectivity index (χ0) is 28.3. The quantitative estimate of drug-likeness (QED) is 0.165. The Labute approximate surface area is 242 Å². The number of aliphatic imine (C=N–C) groups is 2. The van der Waals surface area contributed by atoms with Crippen LogP contribution in [0.15, 0.2) is 162 Å². The second-order valence-electron chi connectivity index (χ2n) is 9.83. The molecule has 3 nitrogen and oxygen atoms in total. The van der Waals surface area contributed by atoms with Gasteiger partial charge in [-0.1, -0.05) is 133 Å². The fraction of sp³-hybridized carbons (Fsp3) is 0.0526. The van der Waals surface area contributed by atoms with E-state index in [0.717, 1.165) is 50.5 Å². The van der Waals surface area contributed by atoms with E-state index in [9.17, 15) is 0 Å². The molecule has 41 heavy (non-hydrogen) atoms. The largest absolute Gasteiger partial charge is 0.399 e. The van der Waals surface area contributed by atoms with Gasteiger partial charge in [0.1, 0.15) is 0 Å². The van der Waals surface area contributed by atoms with Crippen LogP contribution in [0.3, 0.4) is 0 Å². The molecule has 0 unspecified atom stereocenters. The number of nitrogen functional groups attached to an aromatic ring is 1. The Morgan fingerprint density at radius 1 is 0.561 bits per heavy atom. The van der Waals surface area contributed by atoms with E-state index in [2.05, 4.69) is 97.9 Å². The summed E-state index contributed by atoms with van der Waals surface area (Å²) >= 11 is 0. The van der Waals surface area contributed by atoms with Gasteiger partial charge in [0.25, 0.3) is 0 Å². The molecular weight excluding hydrogens is 498 g/mol. The molecule has 2 N–H and O–H groups in total. The maximum Gasteiger partial charge on any atom is 0.0833 e. The zero-order valence-electron chi connectivity index (χ0n) is 23.2. The van der Waals surface area contributed by atoms with Gasteiger partial charge in [-0.3, -0.25) is 9.98 Å². The minimum atomic E-state index is 0.564. The van der Waals surface area contributed by atoms with Crippen LogP contribution >= 0.6 is 0 Å². The van der Waals surface area contributed by atoms with Gasteiger partial charge < -0.3 is 5.73 Å². The fourth-order valence-corrected chi connectivity index (χ4v) is 4.38. The molecule has 3 heteroatoms. The van der Waals surface area contributed by atoms with E-state index in [-0.39, 0.29) is 0 Å². The molecule has 0 aliphatic rings. The highest BCUT2D eigenvalue weighted by atomic mass is 14.8. The van der Waals surface area contributed by atoms with Crippen LogP contribution in [-0.4, -0.2) is 11.9 Å². The summed E-state index contributed by atoms with van der Waals surface area (Å²) in [7, 11) is 0. The average molecular weight is 532 g/mol. The third-order valence-corrected chi connectivity index (χ3v) is 6.73. The van der Waals surface area contributed by atoms with E-state index < -0.39 is 0 Å². The van der Waals surface area contributed by atoms with Crippen LogP contribution in [0.4, 0.5) is 11.4 Å². The molecule has 0 radical (unpaired) electrons. The second kappa shape index (κ2) is 13.7. The Bertz CT molecular complexity index is 1680. The Morgan fingerprint density at radius 3 is 1.76 bits per heavy atom. The molecule has 5 aromatic carbocycles. The van der Waals surface area contributed by atoms with E-state index in [1.54, 1.807) is 0 Å². The van der Waals surface area contributed by atoms with Crippen molar-refractivity contribution in [2.24, 2.45) is 9.98 Å². The number of hydrogen-bond acceptors (Lipinski definition) is 3. The molecular formula is C38H33N3. The van der Waals surface area contributed by atoms with Gasteiger partial charge in [-0.2, -0.15) is 0 Å². The van der Waals surface area contributed by atoms with Gasteiger partial charge in [0.05, 0.1) is 24.2 Å². The van der Waals surface area contributed by atoms with E-state index >= 15 is 0 Å². The van der Waals surface area contributed by atoms with Crippen molar-refractivity contribution < 1.29 is 0 Å². The summed E-state index contributed by atoms with van der Waals surface area (Å²) in [6, 6.07) is 51.6. The second-order valence-corrected chi connectivity index (χ2v) is 9.83. The monoisotopic (exact) mass is 531 g/mol. The van der Waals surface area contributed by atoms with Crippen molar-refractivity contribution in [3.8, 4) is 22.3 Å². The van der Waals surface area contributed by atoms with E-state index in [4.69, 9.17) is 15.7 Å². The Kier molecular flexibility index (Phi) is 9.11. The summed E-state index contributed by atoms with van der Waals surface area (Å²) in [5.41, 5.74) is 16.3. The lowest BCUT2D eigenvalue weighted by Gasteiger charge is -2.06. The lowest BCUT2D eigenvalue weighted by molar-refractivity contribution is 1.07. The number of aryl methyl sites for hydroxylation is 1. The highest BCUT2D eigenvalue weighted by Gasteiger charge is 2.03. The van der Waals surface area contributed by atoms with Crippen LogP contribution < -0.4 is 5.73 Å². The molecule has 5 aromatic rings. The fourth-order valence-electron chi connectivity index (χ4n) is 4.38. The maximum absolute atomic E-state index is 5.83. The SMILES string of the molecule is Cc1cccccc(-c2ccc(N=CC(=NCc3ccc(-c4ccc(N)cc4)cc3)c3ccccc3)cc2)ccc1. The topological polar surface area (TPSA) is 50.7 Å². The van der Waals surface area contributed by atoms with E-state index in [1.165, 1.54) is 5.56 Å². The zero-order valence-corrected chi connectivity index (χ0v) is 23.2. The first-order chi connectivity index (χ1) is 20.1. The molecule has 0 bridgehead atoms. The van der Waals surface area contributed by atoms with Crippen LogP contribution in [0.5, 0.6) is 0 Å². The molecule has 0 heterocycles. The number of benzene rings is 4. The molecule has 0 saturated heterocycles. The van der Waals surface area contributed by atoms with Crippen molar-refractivity contribution in [3.63, 3.8) is 0 Å². The Balaban J connectivity index is 1.35. The highest BCUT2D eigenvalue weighted by Crippen LogP contribution is 2.23. The molecule has 0 aliphatic heterocycles. The van der Waals surface area contributed by atoms with Crippen molar-refractivity contribution in [2.45, 2.75) is 13.5 Å². The number of rotatable bonds is 7. The molecule has 0 spiro atoms. The first-order valence-electron chi connectivity index (χ1n) is 13.7. The number of nitrogens with two attached hydrogens (primary N) is 1.